The van der Waals surface area contributed by atoms with E-state index in [9.17, 15) is 4.79 Å². The van der Waals surface area contributed by atoms with E-state index < -0.39 is 0 Å². The molecule has 0 bridgehead atoms. The number of aromatic nitrogens is 2. The largest absolute Gasteiger partial charge is 0.497 e. The van der Waals surface area contributed by atoms with Gasteiger partial charge in [-0.2, -0.15) is 0 Å². The SMILES string of the molecule is COc1ccc2nc(CNC(=O)NC(C)c3ccc(Cl)cc3)[nH]c2c1. The molecule has 3 aromatic rings. The first-order valence-corrected chi connectivity index (χ1v) is 8.25. The Kier molecular flexibility index (Phi) is 5.09. The quantitative estimate of drug-likeness (QED) is 0.649. The number of H-pyrrole nitrogens is 1. The molecule has 2 amide bonds. The van der Waals surface area contributed by atoms with Crippen LogP contribution >= 0.6 is 11.6 Å². The summed E-state index contributed by atoms with van der Waals surface area (Å²) in [6.45, 7) is 2.21. The Bertz CT molecular complexity index is 876. The number of nitrogens with one attached hydrogen (secondary N) is 3. The van der Waals surface area contributed by atoms with Crippen LogP contribution in [0.1, 0.15) is 24.4 Å². The fraction of sp³-hybridized carbons (Fsp3) is 0.222. The first-order valence-electron chi connectivity index (χ1n) is 7.87. The number of carbonyl (C=O) groups is 1. The van der Waals surface area contributed by atoms with E-state index >= 15 is 0 Å². The predicted molar refractivity (Wildman–Crippen MR) is 97.9 cm³/mol. The zero-order valence-electron chi connectivity index (χ0n) is 14.0. The third-order valence-electron chi connectivity index (χ3n) is 3.87. The number of carbonyl (C=O) groups excluding carboxylic acids is 1. The van der Waals surface area contributed by atoms with Crippen molar-refractivity contribution in [2.24, 2.45) is 0 Å². The second-order valence-electron chi connectivity index (χ2n) is 5.67. The Balaban J connectivity index is 1.57. The highest BCUT2D eigenvalue weighted by Crippen LogP contribution is 2.19. The number of benzene rings is 2. The Morgan fingerprint density at radius 2 is 2.04 bits per heavy atom. The van der Waals surface area contributed by atoms with Crippen molar-refractivity contribution in [3.63, 3.8) is 0 Å². The van der Waals surface area contributed by atoms with Crippen molar-refractivity contribution in [3.05, 3.63) is 58.9 Å². The van der Waals surface area contributed by atoms with Gasteiger partial charge in [0.05, 0.1) is 30.7 Å². The molecule has 1 atom stereocenters. The molecule has 0 saturated carbocycles. The molecule has 1 unspecified atom stereocenters. The molecule has 0 aliphatic heterocycles. The summed E-state index contributed by atoms with van der Waals surface area (Å²) in [6, 6.07) is 12.6. The summed E-state index contributed by atoms with van der Waals surface area (Å²) in [7, 11) is 1.62. The van der Waals surface area contributed by atoms with E-state index in [2.05, 4.69) is 20.6 Å². The number of hydrogen-bond donors (Lipinski definition) is 3. The third-order valence-corrected chi connectivity index (χ3v) is 4.12. The zero-order valence-corrected chi connectivity index (χ0v) is 14.7. The van der Waals surface area contributed by atoms with Crippen molar-refractivity contribution in [3.8, 4) is 5.75 Å². The van der Waals surface area contributed by atoms with Crippen LogP contribution in [0.15, 0.2) is 42.5 Å². The number of methoxy groups -OCH3 is 1. The van der Waals surface area contributed by atoms with Gasteiger partial charge < -0.3 is 20.4 Å². The molecule has 130 valence electrons. The number of amides is 2. The van der Waals surface area contributed by atoms with Gasteiger partial charge in [-0.25, -0.2) is 9.78 Å². The molecule has 0 spiro atoms. The van der Waals surface area contributed by atoms with Crippen LogP contribution in [0.2, 0.25) is 5.02 Å². The number of nitrogens with zero attached hydrogens (tertiary/aromatic N) is 1. The van der Waals surface area contributed by atoms with Crippen molar-refractivity contribution >= 4 is 28.7 Å². The van der Waals surface area contributed by atoms with Gasteiger partial charge in [0.15, 0.2) is 0 Å². The molecule has 2 aromatic carbocycles. The van der Waals surface area contributed by atoms with Gasteiger partial charge in [-0.05, 0) is 36.8 Å². The summed E-state index contributed by atoms with van der Waals surface area (Å²) in [4.78, 5) is 19.7. The lowest BCUT2D eigenvalue weighted by molar-refractivity contribution is 0.237. The molecular formula is C18H19ClN4O2. The molecule has 7 heteroatoms. The Morgan fingerprint density at radius 1 is 1.28 bits per heavy atom. The van der Waals surface area contributed by atoms with Gasteiger partial charge >= 0.3 is 6.03 Å². The maximum atomic E-state index is 12.1. The molecule has 6 nitrogen and oxygen atoms in total. The van der Waals surface area contributed by atoms with Crippen molar-refractivity contribution in [2.75, 3.05) is 7.11 Å². The van der Waals surface area contributed by atoms with E-state index in [1.807, 2.05) is 37.3 Å². The monoisotopic (exact) mass is 358 g/mol. The first kappa shape index (κ1) is 17.1. The van der Waals surface area contributed by atoms with Crippen LogP contribution in [0.5, 0.6) is 5.75 Å². The van der Waals surface area contributed by atoms with Crippen LogP contribution in [0.3, 0.4) is 0 Å². The number of ether oxygens (including phenoxy) is 1. The molecule has 1 aromatic heterocycles. The van der Waals surface area contributed by atoms with Gasteiger partial charge in [0.2, 0.25) is 0 Å². The summed E-state index contributed by atoms with van der Waals surface area (Å²) in [6.07, 6.45) is 0. The standard InChI is InChI=1S/C18H19ClN4O2/c1-11(12-3-5-13(19)6-4-12)21-18(24)20-10-17-22-15-8-7-14(25-2)9-16(15)23-17/h3-9,11H,10H2,1-2H3,(H,22,23)(H2,20,21,24). The average molecular weight is 359 g/mol. The molecule has 1 heterocycles. The number of imidazole rings is 1. The second-order valence-corrected chi connectivity index (χ2v) is 6.10. The highest BCUT2D eigenvalue weighted by atomic mass is 35.5. The van der Waals surface area contributed by atoms with Gasteiger partial charge in [0, 0.05) is 11.1 Å². The number of aromatic amines is 1. The molecule has 0 aliphatic carbocycles. The molecule has 3 rings (SSSR count). The van der Waals surface area contributed by atoms with Crippen LogP contribution < -0.4 is 15.4 Å². The Labute approximate surface area is 150 Å². The van der Waals surface area contributed by atoms with Crippen molar-refractivity contribution in [2.45, 2.75) is 19.5 Å². The molecule has 3 N–H and O–H groups in total. The van der Waals surface area contributed by atoms with Crippen molar-refractivity contribution < 1.29 is 9.53 Å². The fourth-order valence-electron chi connectivity index (χ4n) is 2.50. The van der Waals surface area contributed by atoms with E-state index in [1.54, 1.807) is 19.2 Å². The number of urea groups is 1. The van der Waals surface area contributed by atoms with Crippen molar-refractivity contribution in [1.82, 2.24) is 20.6 Å². The molecule has 0 fully saturated rings. The number of rotatable bonds is 5. The molecule has 0 aliphatic rings. The molecule has 0 radical (unpaired) electrons. The molecule has 0 saturated heterocycles. The predicted octanol–water partition coefficient (Wildman–Crippen LogP) is 3.79. The maximum absolute atomic E-state index is 12.1. The summed E-state index contributed by atoms with van der Waals surface area (Å²) >= 11 is 5.87. The summed E-state index contributed by atoms with van der Waals surface area (Å²) < 4.78 is 5.19. The fourth-order valence-corrected chi connectivity index (χ4v) is 2.62. The van der Waals surface area contributed by atoms with Gasteiger partial charge in [-0.3, -0.25) is 0 Å². The number of hydrogen-bond acceptors (Lipinski definition) is 3. The van der Waals surface area contributed by atoms with Crippen LogP contribution in [0.4, 0.5) is 4.79 Å². The minimum atomic E-state index is -0.263. The molecule has 25 heavy (non-hydrogen) atoms. The summed E-state index contributed by atoms with van der Waals surface area (Å²) in [5.41, 5.74) is 2.68. The maximum Gasteiger partial charge on any atom is 0.315 e. The first-order chi connectivity index (χ1) is 12.0. The second kappa shape index (κ2) is 7.44. The van der Waals surface area contributed by atoms with E-state index in [4.69, 9.17) is 16.3 Å². The minimum absolute atomic E-state index is 0.128. The lowest BCUT2D eigenvalue weighted by atomic mass is 10.1. The zero-order chi connectivity index (χ0) is 17.8. The van der Waals surface area contributed by atoms with Gasteiger partial charge in [0.1, 0.15) is 11.6 Å². The van der Waals surface area contributed by atoms with Crippen LogP contribution in [0.25, 0.3) is 11.0 Å². The Hall–Kier alpha value is -2.73. The van der Waals surface area contributed by atoms with Crippen LogP contribution in [-0.4, -0.2) is 23.1 Å². The van der Waals surface area contributed by atoms with Crippen LogP contribution in [0, 0.1) is 0 Å². The number of halogens is 1. The highest BCUT2D eigenvalue weighted by molar-refractivity contribution is 6.30. The van der Waals surface area contributed by atoms with E-state index in [0.29, 0.717) is 17.4 Å². The van der Waals surface area contributed by atoms with E-state index in [1.165, 1.54) is 0 Å². The topological polar surface area (TPSA) is 79.0 Å². The van der Waals surface area contributed by atoms with Gasteiger partial charge in [-0.15, -0.1) is 0 Å². The average Bonchev–Trinajstić information content (AvgIpc) is 3.02. The minimum Gasteiger partial charge on any atom is -0.497 e. The normalized spacial score (nSPS) is 12.0. The lowest BCUT2D eigenvalue weighted by Gasteiger charge is -2.14. The van der Waals surface area contributed by atoms with E-state index in [0.717, 1.165) is 22.3 Å². The van der Waals surface area contributed by atoms with E-state index in [-0.39, 0.29) is 12.1 Å². The van der Waals surface area contributed by atoms with Crippen molar-refractivity contribution in [1.29, 1.82) is 0 Å². The Morgan fingerprint density at radius 3 is 2.76 bits per heavy atom. The lowest BCUT2D eigenvalue weighted by Crippen LogP contribution is -2.36. The third kappa shape index (κ3) is 4.22. The smallest absolute Gasteiger partial charge is 0.315 e. The van der Waals surface area contributed by atoms with Gasteiger partial charge in [0.25, 0.3) is 0 Å². The summed E-state index contributed by atoms with van der Waals surface area (Å²) in [5, 5.41) is 6.35. The highest BCUT2D eigenvalue weighted by Gasteiger charge is 2.10. The molecular weight excluding hydrogens is 340 g/mol. The van der Waals surface area contributed by atoms with Crippen LogP contribution in [-0.2, 0) is 6.54 Å². The number of fused-ring (bicyclic) bond motifs is 1. The summed E-state index contributed by atoms with van der Waals surface area (Å²) in [5.74, 6) is 1.43. The van der Waals surface area contributed by atoms with Gasteiger partial charge in [-0.1, -0.05) is 23.7 Å².